The van der Waals surface area contributed by atoms with Gasteiger partial charge < -0.3 is 0 Å². The third-order valence-electron chi connectivity index (χ3n) is 6.13. The van der Waals surface area contributed by atoms with Crippen LogP contribution >= 0.6 is 11.6 Å². The molecule has 1 heteroatoms. The third-order valence-corrected chi connectivity index (χ3v) is 6.58. The molecule has 0 heterocycles. The molecular weight excluding hydrogens is 252 g/mol. The van der Waals surface area contributed by atoms with E-state index in [0.717, 1.165) is 36.0 Å². The molecule has 5 atom stereocenters. The summed E-state index contributed by atoms with van der Waals surface area (Å²) in [5, 5.41) is 0.374. The van der Waals surface area contributed by atoms with Crippen LogP contribution in [-0.2, 0) is 6.42 Å². The quantitative estimate of drug-likeness (QED) is 0.698. The van der Waals surface area contributed by atoms with Gasteiger partial charge in [-0.1, -0.05) is 23.8 Å². The van der Waals surface area contributed by atoms with E-state index in [9.17, 15) is 0 Å². The first-order valence-corrected chi connectivity index (χ1v) is 8.29. The fraction of sp³-hybridized carbons (Fsp3) is 0.667. The van der Waals surface area contributed by atoms with Gasteiger partial charge in [0.1, 0.15) is 0 Å². The molecule has 0 N–H and O–H groups in total. The van der Waals surface area contributed by atoms with Crippen molar-refractivity contribution in [1.29, 1.82) is 0 Å². The average Bonchev–Trinajstić information content (AvgIpc) is 2.83. The molecule has 3 aliphatic carbocycles. The lowest BCUT2D eigenvalue weighted by Gasteiger charge is -2.16. The summed E-state index contributed by atoms with van der Waals surface area (Å²) in [6, 6.07) is 6.78. The normalized spacial score (nSPS) is 40.3. The van der Waals surface area contributed by atoms with Crippen LogP contribution in [0.5, 0.6) is 0 Å². The third kappa shape index (κ3) is 1.87. The maximum atomic E-state index is 6.80. The molecule has 0 amide bonds. The van der Waals surface area contributed by atoms with Crippen molar-refractivity contribution < 1.29 is 0 Å². The Labute approximate surface area is 121 Å². The summed E-state index contributed by atoms with van der Waals surface area (Å²) >= 11 is 6.80. The molecular formula is C18H23Cl. The summed E-state index contributed by atoms with van der Waals surface area (Å²) in [7, 11) is 0. The Morgan fingerprint density at radius 1 is 1.16 bits per heavy atom. The summed E-state index contributed by atoms with van der Waals surface area (Å²) in [6.07, 6.45) is 5.59. The van der Waals surface area contributed by atoms with E-state index in [1.165, 1.54) is 36.0 Å². The zero-order valence-electron chi connectivity index (χ0n) is 11.9. The zero-order chi connectivity index (χ0) is 13.1. The molecule has 0 radical (unpaired) electrons. The second kappa shape index (κ2) is 4.25. The van der Waals surface area contributed by atoms with Crippen molar-refractivity contribution in [1.82, 2.24) is 0 Å². The van der Waals surface area contributed by atoms with E-state index < -0.39 is 0 Å². The van der Waals surface area contributed by atoms with Gasteiger partial charge >= 0.3 is 0 Å². The predicted octanol–water partition coefficient (Wildman–Crippen LogP) is 4.75. The molecule has 5 unspecified atom stereocenters. The Hall–Kier alpha value is -0.490. The van der Waals surface area contributed by atoms with Crippen LogP contribution in [0.4, 0.5) is 0 Å². The molecule has 0 spiro atoms. The van der Waals surface area contributed by atoms with Crippen LogP contribution in [0.3, 0.4) is 0 Å². The van der Waals surface area contributed by atoms with E-state index in [1.54, 1.807) is 0 Å². The van der Waals surface area contributed by atoms with Crippen molar-refractivity contribution in [2.45, 2.75) is 44.9 Å². The maximum Gasteiger partial charge on any atom is 0.0410 e. The number of halogens is 1. The van der Waals surface area contributed by atoms with Crippen molar-refractivity contribution in [3.05, 3.63) is 34.9 Å². The highest BCUT2D eigenvalue weighted by Crippen LogP contribution is 2.71. The highest BCUT2D eigenvalue weighted by atomic mass is 35.5. The van der Waals surface area contributed by atoms with E-state index in [1.807, 2.05) is 0 Å². The van der Waals surface area contributed by atoms with Crippen LogP contribution in [0.25, 0.3) is 0 Å². The Morgan fingerprint density at radius 3 is 2.53 bits per heavy atom. The molecule has 102 valence electrons. The minimum absolute atomic E-state index is 0.374. The molecule has 2 bridgehead atoms. The standard InChI is InChI=1S/C18H23Cl/c1-10-3-4-11(2)14(7-10)9-15(19)18-16-12-5-6-13(8-12)17(16)18/h3-4,7,12-13,15-18H,5-6,8-9H2,1-2H3. The second-order valence-electron chi connectivity index (χ2n) is 7.22. The summed E-state index contributed by atoms with van der Waals surface area (Å²) in [5.41, 5.74) is 4.24. The van der Waals surface area contributed by atoms with Crippen LogP contribution in [0.2, 0.25) is 0 Å². The molecule has 4 rings (SSSR count). The molecule has 3 fully saturated rings. The number of fused-ring (bicyclic) bond motifs is 5. The van der Waals surface area contributed by atoms with Crippen LogP contribution in [-0.4, -0.2) is 5.38 Å². The molecule has 0 nitrogen and oxygen atoms in total. The van der Waals surface area contributed by atoms with Crippen LogP contribution in [0, 0.1) is 43.4 Å². The van der Waals surface area contributed by atoms with Crippen LogP contribution in [0.15, 0.2) is 18.2 Å². The van der Waals surface area contributed by atoms with Gasteiger partial charge in [0.05, 0.1) is 0 Å². The first-order chi connectivity index (χ1) is 9.15. The molecule has 19 heavy (non-hydrogen) atoms. The van der Waals surface area contributed by atoms with Gasteiger partial charge in [0.2, 0.25) is 0 Å². The van der Waals surface area contributed by atoms with E-state index in [0.29, 0.717) is 5.38 Å². The van der Waals surface area contributed by atoms with E-state index in [2.05, 4.69) is 32.0 Å². The summed E-state index contributed by atoms with van der Waals surface area (Å²) in [4.78, 5) is 0. The van der Waals surface area contributed by atoms with Crippen LogP contribution < -0.4 is 0 Å². The van der Waals surface area contributed by atoms with E-state index in [4.69, 9.17) is 11.6 Å². The Kier molecular flexibility index (Phi) is 2.74. The van der Waals surface area contributed by atoms with Crippen molar-refractivity contribution in [2.24, 2.45) is 29.6 Å². The number of aryl methyl sites for hydroxylation is 2. The summed E-state index contributed by atoms with van der Waals surface area (Å²) in [5.74, 6) is 4.94. The van der Waals surface area contributed by atoms with E-state index in [-0.39, 0.29) is 0 Å². The number of hydrogen-bond acceptors (Lipinski definition) is 0. The highest BCUT2D eigenvalue weighted by molar-refractivity contribution is 6.21. The number of alkyl halides is 1. The Morgan fingerprint density at radius 2 is 1.84 bits per heavy atom. The maximum absolute atomic E-state index is 6.80. The van der Waals surface area contributed by atoms with Crippen LogP contribution in [0.1, 0.15) is 36.0 Å². The zero-order valence-corrected chi connectivity index (χ0v) is 12.7. The molecule has 1 aromatic carbocycles. The Balaban J connectivity index is 1.48. The van der Waals surface area contributed by atoms with Crippen molar-refractivity contribution in [2.75, 3.05) is 0 Å². The SMILES string of the molecule is Cc1ccc(C)c(CC(Cl)C2C3C4CCC(C4)C23)c1. The minimum Gasteiger partial charge on any atom is -0.122 e. The summed E-state index contributed by atoms with van der Waals surface area (Å²) in [6.45, 7) is 4.40. The lowest BCUT2D eigenvalue weighted by Crippen LogP contribution is -2.13. The molecule has 0 aromatic heterocycles. The van der Waals surface area contributed by atoms with Gasteiger partial charge in [0.15, 0.2) is 0 Å². The monoisotopic (exact) mass is 274 g/mol. The van der Waals surface area contributed by atoms with Crippen molar-refractivity contribution in [3.63, 3.8) is 0 Å². The topological polar surface area (TPSA) is 0 Å². The summed E-state index contributed by atoms with van der Waals surface area (Å²) < 4.78 is 0. The fourth-order valence-corrected chi connectivity index (χ4v) is 5.74. The molecule has 3 saturated carbocycles. The van der Waals surface area contributed by atoms with Gasteiger partial charge in [0, 0.05) is 5.38 Å². The van der Waals surface area contributed by atoms with Gasteiger partial charge in [-0.05, 0) is 80.2 Å². The molecule has 3 aliphatic rings. The second-order valence-corrected chi connectivity index (χ2v) is 7.78. The molecule has 0 saturated heterocycles. The smallest absolute Gasteiger partial charge is 0.0410 e. The number of hydrogen-bond donors (Lipinski definition) is 0. The highest BCUT2D eigenvalue weighted by Gasteiger charge is 2.66. The molecule has 0 aliphatic heterocycles. The number of rotatable bonds is 3. The fourth-order valence-electron chi connectivity index (χ4n) is 5.24. The minimum atomic E-state index is 0.374. The largest absolute Gasteiger partial charge is 0.122 e. The van der Waals surface area contributed by atoms with Crippen molar-refractivity contribution in [3.8, 4) is 0 Å². The lowest BCUT2D eigenvalue weighted by atomic mass is 9.95. The van der Waals surface area contributed by atoms with Gasteiger partial charge in [0.25, 0.3) is 0 Å². The Bertz CT molecular complexity index is 490. The molecule has 1 aromatic rings. The first kappa shape index (κ1) is 12.3. The average molecular weight is 275 g/mol. The van der Waals surface area contributed by atoms with E-state index >= 15 is 0 Å². The van der Waals surface area contributed by atoms with Gasteiger partial charge in [-0.2, -0.15) is 0 Å². The predicted molar refractivity (Wildman–Crippen MR) is 80.6 cm³/mol. The van der Waals surface area contributed by atoms with Crippen molar-refractivity contribution >= 4 is 11.6 Å². The lowest BCUT2D eigenvalue weighted by molar-refractivity contribution is 0.449. The first-order valence-electron chi connectivity index (χ1n) is 7.85. The van der Waals surface area contributed by atoms with Gasteiger partial charge in [-0.25, -0.2) is 0 Å². The van der Waals surface area contributed by atoms with Gasteiger partial charge in [-0.15, -0.1) is 11.6 Å². The van der Waals surface area contributed by atoms with Gasteiger partial charge in [-0.3, -0.25) is 0 Å². The number of benzene rings is 1.